The van der Waals surface area contributed by atoms with Gasteiger partial charge in [0.05, 0.1) is 24.4 Å². The van der Waals surface area contributed by atoms with Crippen LogP contribution in [0.5, 0.6) is 0 Å². The molecule has 1 unspecified atom stereocenters. The van der Waals surface area contributed by atoms with Crippen LogP contribution in [0, 0.1) is 5.92 Å². The molecule has 1 heterocycles. The first-order valence-electron chi connectivity index (χ1n) is 9.08. The summed E-state index contributed by atoms with van der Waals surface area (Å²) in [5.74, 6) is -0.472. The number of ether oxygens (including phenoxy) is 2. The van der Waals surface area contributed by atoms with E-state index in [-0.39, 0.29) is 17.1 Å². The van der Waals surface area contributed by atoms with Crippen molar-refractivity contribution >= 4 is 23.6 Å². The maximum absolute atomic E-state index is 10.00. The lowest BCUT2D eigenvalue weighted by atomic mass is 9.71. The number of aliphatic hydroxyl groups excluding tert-OH is 1. The Hall–Kier alpha value is -1.15. The van der Waals surface area contributed by atoms with Crippen LogP contribution in [0.3, 0.4) is 0 Å². The number of alkyl halides is 1. The standard InChI is InChI=1S/C15H26O2.C3H4ClNO3.CH4O/c1-12(2)8-10-16-14(3,4)13-7-5-6-9-15(13)11-17-15;4-1-2(6)5-3(7)8;1-2/h8,13H,5-7,9-11H2,1-4H3;1H2,(H,5,6)(H,7,8);2H,1H3/t13?,15-;;/m0../s1. The zero-order valence-electron chi connectivity index (χ0n) is 17.0. The highest BCUT2D eigenvalue weighted by molar-refractivity contribution is 6.28. The van der Waals surface area contributed by atoms with E-state index in [4.69, 9.17) is 31.3 Å². The minimum Gasteiger partial charge on any atom is -0.465 e. The van der Waals surface area contributed by atoms with Crippen molar-refractivity contribution in [1.82, 2.24) is 5.32 Å². The Morgan fingerprint density at radius 1 is 1.33 bits per heavy atom. The second-order valence-corrected chi connectivity index (χ2v) is 7.60. The Balaban J connectivity index is 0.000000574. The molecule has 27 heavy (non-hydrogen) atoms. The Morgan fingerprint density at radius 2 is 1.93 bits per heavy atom. The smallest absolute Gasteiger partial charge is 0.411 e. The highest BCUT2D eigenvalue weighted by Crippen LogP contribution is 2.51. The molecule has 2 atom stereocenters. The van der Waals surface area contributed by atoms with Gasteiger partial charge in [-0.3, -0.25) is 10.1 Å². The molecular weight excluding hydrogens is 374 g/mol. The van der Waals surface area contributed by atoms with Crippen molar-refractivity contribution in [1.29, 1.82) is 0 Å². The van der Waals surface area contributed by atoms with Crippen LogP contribution in [0.2, 0.25) is 0 Å². The summed E-state index contributed by atoms with van der Waals surface area (Å²) in [6, 6.07) is 0. The van der Waals surface area contributed by atoms with Gasteiger partial charge in [0.2, 0.25) is 5.91 Å². The number of halogens is 1. The summed E-state index contributed by atoms with van der Waals surface area (Å²) >= 11 is 4.92. The number of carbonyl (C=O) groups is 2. The third-order valence-corrected chi connectivity index (χ3v) is 4.89. The van der Waals surface area contributed by atoms with E-state index in [1.807, 2.05) is 0 Å². The molecule has 3 N–H and O–H groups in total. The lowest BCUT2D eigenvalue weighted by molar-refractivity contribution is -0.117. The fourth-order valence-corrected chi connectivity index (χ4v) is 3.37. The number of carboxylic acid groups (broad SMARTS) is 1. The summed E-state index contributed by atoms with van der Waals surface area (Å²) in [6.45, 7) is 10.4. The van der Waals surface area contributed by atoms with E-state index >= 15 is 0 Å². The largest absolute Gasteiger partial charge is 0.465 e. The molecule has 8 heteroatoms. The van der Waals surface area contributed by atoms with Crippen LogP contribution >= 0.6 is 11.6 Å². The van der Waals surface area contributed by atoms with Gasteiger partial charge >= 0.3 is 6.09 Å². The summed E-state index contributed by atoms with van der Waals surface area (Å²) < 4.78 is 11.9. The molecule has 2 aliphatic rings. The average molecular weight is 408 g/mol. The molecule has 1 spiro atoms. The third-order valence-electron chi connectivity index (χ3n) is 4.65. The van der Waals surface area contributed by atoms with E-state index in [9.17, 15) is 9.59 Å². The predicted octanol–water partition coefficient (Wildman–Crippen LogP) is 3.33. The quantitative estimate of drug-likeness (QED) is 0.366. The number of epoxide rings is 1. The van der Waals surface area contributed by atoms with Crippen molar-refractivity contribution in [2.24, 2.45) is 5.92 Å². The summed E-state index contributed by atoms with van der Waals surface area (Å²) in [5, 5.41) is 16.4. The number of amides is 2. The van der Waals surface area contributed by atoms with Crippen molar-refractivity contribution in [3.63, 3.8) is 0 Å². The first kappa shape index (κ1) is 25.9. The number of hydrogen-bond donors (Lipinski definition) is 3. The molecule has 1 aliphatic heterocycles. The molecule has 2 amide bonds. The normalized spacial score (nSPS) is 23.1. The van der Waals surface area contributed by atoms with E-state index in [1.165, 1.54) is 36.6 Å². The Labute approximate surface area is 167 Å². The lowest BCUT2D eigenvalue weighted by Crippen LogP contribution is -2.45. The van der Waals surface area contributed by atoms with E-state index in [1.54, 1.807) is 0 Å². The summed E-state index contributed by atoms with van der Waals surface area (Å²) in [7, 11) is 1.00. The number of rotatable bonds is 5. The first-order chi connectivity index (χ1) is 12.6. The summed E-state index contributed by atoms with van der Waals surface area (Å²) in [4.78, 5) is 19.6. The molecule has 1 aliphatic carbocycles. The number of hydrogen-bond acceptors (Lipinski definition) is 5. The van der Waals surface area contributed by atoms with Crippen molar-refractivity contribution in [3.8, 4) is 0 Å². The maximum atomic E-state index is 10.00. The van der Waals surface area contributed by atoms with Crippen LogP contribution in [-0.2, 0) is 14.3 Å². The van der Waals surface area contributed by atoms with Crippen molar-refractivity contribution in [2.45, 2.75) is 64.6 Å². The van der Waals surface area contributed by atoms with Gasteiger partial charge in [0.1, 0.15) is 5.88 Å². The molecule has 0 aromatic rings. The summed E-state index contributed by atoms with van der Waals surface area (Å²) in [6.07, 6.45) is 5.90. The van der Waals surface area contributed by atoms with E-state index < -0.39 is 12.0 Å². The van der Waals surface area contributed by atoms with Crippen LogP contribution in [0.15, 0.2) is 11.6 Å². The molecule has 0 aromatic carbocycles. The van der Waals surface area contributed by atoms with Crippen LogP contribution in [0.4, 0.5) is 4.79 Å². The topological polar surface area (TPSA) is 108 Å². The Bertz CT molecular complexity index is 498. The molecule has 0 radical (unpaired) electrons. The molecule has 1 saturated heterocycles. The maximum Gasteiger partial charge on any atom is 0.411 e. The second kappa shape index (κ2) is 12.3. The predicted molar refractivity (Wildman–Crippen MR) is 105 cm³/mol. The van der Waals surface area contributed by atoms with Gasteiger partial charge in [-0.2, -0.15) is 0 Å². The first-order valence-corrected chi connectivity index (χ1v) is 9.61. The third kappa shape index (κ3) is 9.55. The number of allylic oxidation sites excluding steroid dienone is 1. The van der Waals surface area contributed by atoms with Gasteiger partial charge in [0, 0.05) is 13.0 Å². The summed E-state index contributed by atoms with van der Waals surface area (Å²) in [5.41, 5.74) is 1.43. The number of carbonyl (C=O) groups excluding carboxylic acids is 1. The van der Waals surface area contributed by atoms with Crippen LogP contribution in [0.25, 0.3) is 0 Å². The lowest BCUT2D eigenvalue weighted by Gasteiger charge is -2.40. The van der Waals surface area contributed by atoms with Gasteiger partial charge in [0.25, 0.3) is 0 Å². The van der Waals surface area contributed by atoms with Gasteiger partial charge in [-0.05, 0) is 40.5 Å². The minimum absolute atomic E-state index is 0.0666. The molecule has 2 rings (SSSR count). The monoisotopic (exact) mass is 407 g/mol. The molecule has 158 valence electrons. The highest BCUT2D eigenvalue weighted by atomic mass is 35.5. The SMILES string of the molecule is CC(C)=CCOC(C)(C)C1CCCC[C@]12CO2.CO.O=C(O)NC(=O)CCl. The van der Waals surface area contributed by atoms with E-state index in [0.29, 0.717) is 5.92 Å². The van der Waals surface area contributed by atoms with Crippen molar-refractivity contribution < 1.29 is 29.3 Å². The van der Waals surface area contributed by atoms with Crippen LogP contribution in [-0.4, -0.2) is 59.6 Å². The fourth-order valence-electron chi connectivity index (χ4n) is 3.31. The van der Waals surface area contributed by atoms with Gasteiger partial charge in [-0.15, -0.1) is 11.6 Å². The number of imide groups is 1. The Kier molecular flexibility index (Phi) is 11.8. The number of aliphatic hydroxyl groups is 1. The van der Waals surface area contributed by atoms with E-state index in [2.05, 4.69) is 33.8 Å². The minimum atomic E-state index is -1.38. The second-order valence-electron chi connectivity index (χ2n) is 7.33. The molecule has 0 aromatic heterocycles. The van der Waals surface area contributed by atoms with Crippen molar-refractivity contribution in [3.05, 3.63) is 11.6 Å². The zero-order chi connectivity index (χ0) is 21.1. The zero-order valence-corrected chi connectivity index (χ0v) is 17.8. The Morgan fingerprint density at radius 3 is 2.33 bits per heavy atom. The van der Waals surface area contributed by atoms with E-state index in [0.717, 1.165) is 20.3 Å². The molecule has 0 bridgehead atoms. The van der Waals surface area contributed by atoms with Gasteiger partial charge in [0.15, 0.2) is 0 Å². The molecule has 1 saturated carbocycles. The number of nitrogens with one attached hydrogen (secondary N) is 1. The van der Waals surface area contributed by atoms with Crippen molar-refractivity contribution in [2.75, 3.05) is 26.2 Å². The van der Waals surface area contributed by atoms with Gasteiger partial charge in [-0.25, -0.2) is 4.79 Å². The molecule has 7 nitrogen and oxygen atoms in total. The van der Waals surface area contributed by atoms with Crippen LogP contribution in [0.1, 0.15) is 53.4 Å². The fraction of sp³-hybridized carbons (Fsp3) is 0.789. The highest BCUT2D eigenvalue weighted by Gasteiger charge is 2.57. The molecular formula is C19H34ClNO6. The molecule has 2 fully saturated rings. The average Bonchev–Trinajstić information content (AvgIpc) is 3.35. The van der Waals surface area contributed by atoms with Crippen LogP contribution < -0.4 is 5.32 Å². The van der Waals surface area contributed by atoms with Gasteiger partial charge < -0.3 is 19.7 Å². The van der Waals surface area contributed by atoms with Gasteiger partial charge in [-0.1, -0.05) is 24.5 Å².